The molecular formula is C27H36N6O3. The van der Waals surface area contributed by atoms with Crippen molar-refractivity contribution in [2.75, 3.05) is 56.0 Å². The molecule has 9 heteroatoms. The minimum absolute atomic E-state index is 0.00543. The normalized spacial score (nSPS) is 21.2. The zero-order valence-corrected chi connectivity index (χ0v) is 20.6. The summed E-state index contributed by atoms with van der Waals surface area (Å²) in [6, 6.07) is 17.6. The van der Waals surface area contributed by atoms with E-state index >= 15 is 0 Å². The van der Waals surface area contributed by atoms with Crippen molar-refractivity contribution in [1.82, 2.24) is 9.80 Å². The van der Waals surface area contributed by atoms with E-state index in [1.54, 1.807) is 0 Å². The SMILES string of the molecule is N=C(N)c1ccc(N2CCN(C3CCN(CC(=O)O)CC3CCC(=O)Nc3ccccc3)CC2)cc1. The largest absolute Gasteiger partial charge is 0.480 e. The first-order chi connectivity index (χ1) is 17.4. The number of aliphatic carboxylic acids is 1. The van der Waals surface area contributed by atoms with Crippen molar-refractivity contribution in [3.8, 4) is 0 Å². The number of para-hydroxylation sites is 1. The molecule has 2 atom stereocenters. The number of carbonyl (C=O) groups excluding carboxylic acids is 1. The number of carboxylic acids is 1. The molecule has 0 radical (unpaired) electrons. The average molecular weight is 493 g/mol. The lowest BCUT2D eigenvalue weighted by Crippen LogP contribution is -2.57. The van der Waals surface area contributed by atoms with Crippen molar-refractivity contribution in [1.29, 1.82) is 5.41 Å². The first-order valence-corrected chi connectivity index (χ1v) is 12.6. The Labute approximate surface area is 212 Å². The second kappa shape index (κ2) is 12.0. The van der Waals surface area contributed by atoms with E-state index in [4.69, 9.17) is 11.1 Å². The molecule has 2 saturated heterocycles. The zero-order valence-electron chi connectivity index (χ0n) is 20.6. The molecule has 5 N–H and O–H groups in total. The second-order valence-electron chi connectivity index (χ2n) is 9.68. The number of amides is 1. The number of nitrogens with two attached hydrogens (primary N) is 1. The summed E-state index contributed by atoms with van der Waals surface area (Å²) in [5.41, 5.74) is 8.23. The number of benzene rings is 2. The van der Waals surface area contributed by atoms with E-state index in [2.05, 4.69) is 15.1 Å². The van der Waals surface area contributed by atoms with E-state index in [-0.39, 0.29) is 24.2 Å². The van der Waals surface area contributed by atoms with Crippen molar-refractivity contribution in [2.45, 2.75) is 25.3 Å². The van der Waals surface area contributed by atoms with E-state index in [0.717, 1.165) is 62.5 Å². The van der Waals surface area contributed by atoms with Gasteiger partial charge in [0.25, 0.3) is 0 Å². The Balaban J connectivity index is 1.35. The lowest BCUT2D eigenvalue weighted by Gasteiger charge is -2.47. The summed E-state index contributed by atoms with van der Waals surface area (Å²) in [7, 11) is 0. The van der Waals surface area contributed by atoms with Gasteiger partial charge in [-0.25, -0.2) is 0 Å². The van der Waals surface area contributed by atoms with Gasteiger partial charge in [0, 0.05) is 68.7 Å². The number of piperazine rings is 1. The van der Waals surface area contributed by atoms with Crippen LogP contribution in [0.4, 0.5) is 11.4 Å². The van der Waals surface area contributed by atoms with Crippen LogP contribution in [0.25, 0.3) is 0 Å². The predicted octanol–water partition coefficient (Wildman–Crippen LogP) is 2.29. The summed E-state index contributed by atoms with van der Waals surface area (Å²) in [5, 5.41) is 19.8. The maximum atomic E-state index is 12.6. The van der Waals surface area contributed by atoms with Gasteiger partial charge in [-0.3, -0.25) is 24.8 Å². The molecule has 9 nitrogen and oxygen atoms in total. The third kappa shape index (κ3) is 6.83. The second-order valence-corrected chi connectivity index (χ2v) is 9.68. The molecule has 2 unspecified atom stereocenters. The monoisotopic (exact) mass is 492 g/mol. The molecule has 2 aliphatic heterocycles. The molecule has 2 aliphatic rings. The van der Waals surface area contributed by atoms with Crippen LogP contribution in [-0.2, 0) is 9.59 Å². The lowest BCUT2D eigenvalue weighted by atomic mass is 9.86. The van der Waals surface area contributed by atoms with E-state index in [9.17, 15) is 14.7 Å². The molecule has 0 aromatic heterocycles. The highest BCUT2D eigenvalue weighted by Crippen LogP contribution is 2.28. The molecule has 2 aromatic rings. The van der Waals surface area contributed by atoms with Crippen LogP contribution in [0, 0.1) is 11.3 Å². The zero-order chi connectivity index (χ0) is 25.5. The number of piperidine rings is 1. The number of carboxylic acid groups (broad SMARTS) is 1. The van der Waals surface area contributed by atoms with Gasteiger partial charge >= 0.3 is 5.97 Å². The standard InChI is InChI=1S/C27H36N6O3/c28-27(29)20-6-9-23(10-7-20)32-14-16-33(17-15-32)24-12-13-31(19-26(35)36)18-21(24)8-11-25(34)30-22-4-2-1-3-5-22/h1-7,9-10,21,24H,8,11-19H2,(H3,28,29)(H,30,34)(H,35,36). The molecule has 0 spiro atoms. The van der Waals surface area contributed by atoms with Crippen molar-refractivity contribution in [3.05, 3.63) is 60.2 Å². The molecule has 2 aromatic carbocycles. The third-order valence-electron chi connectivity index (χ3n) is 7.26. The number of amidine groups is 1. The number of likely N-dealkylation sites (tertiary alicyclic amines) is 1. The summed E-state index contributed by atoms with van der Waals surface area (Å²) >= 11 is 0. The van der Waals surface area contributed by atoms with Crippen LogP contribution in [-0.4, -0.2) is 84.5 Å². The quantitative estimate of drug-likeness (QED) is 0.313. The molecule has 4 rings (SSSR count). The van der Waals surface area contributed by atoms with Crippen molar-refractivity contribution >= 4 is 29.1 Å². The van der Waals surface area contributed by atoms with Crippen LogP contribution in [0.1, 0.15) is 24.8 Å². The van der Waals surface area contributed by atoms with Crippen molar-refractivity contribution < 1.29 is 14.7 Å². The highest BCUT2D eigenvalue weighted by molar-refractivity contribution is 5.95. The fourth-order valence-corrected chi connectivity index (χ4v) is 5.42. The van der Waals surface area contributed by atoms with Gasteiger partial charge in [-0.1, -0.05) is 18.2 Å². The van der Waals surface area contributed by atoms with Gasteiger partial charge < -0.3 is 21.1 Å². The molecule has 0 aliphatic carbocycles. The topological polar surface area (TPSA) is 126 Å². The number of hydrogen-bond donors (Lipinski definition) is 4. The number of hydrogen-bond acceptors (Lipinski definition) is 6. The average Bonchev–Trinajstić information content (AvgIpc) is 2.88. The van der Waals surface area contributed by atoms with Gasteiger partial charge in [-0.05, 0) is 55.2 Å². The Morgan fingerprint density at radius 3 is 2.33 bits per heavy atom. The highest BCUT2D eigenvalue weighted by atomic mass is 16.4. The van der Waals surface area contributed by atoms with Crippen LogP contribution in [0.5, 0.6) is 0 Å². The number of nitrogen functional groups attached to an aromatic ring is 1. The number of carbonyl (C=O) groups is 2. The Kier molecular flexibility index (Phi) is 8.56. The van der Waals surface area contributed by atoms with Crippen LogP contribution >= 0.6 is 0 Å². The van der Waals surface area contributed by atoms with Crippen LogP contribution < -0.4 is 16.0 Å². The maximum Gasteiger partial charge on any atom is 0.317 e. The third-order valence-corrected chi connectivity index (χ3v) is 7.26. The molecular weight excluding hydrogens is 456 g/mol. The summed E-state index contributed by atoms with van der Waals surface area (Å²) in [6.07, 6.45) is 2.05. The van der Waals surface area contributed by atoms with Gasteiger partial charge in [-0.15, -0.1) is 0 Å². The van der Waals surface area contributed by atoms with Crippen LogP contribution in [0.2, 0.25) is 0 Å². The Bertz CT molecular complexity index is 1040. The number of nitrogens with one attached hydrogen (secondary N) is 2. The van der Waals surface area contributed by atoms with E-state index in [1.165, 1.54) is 0 Å². The fraction of sp³-hybridized carbons (Fsp3) is 0.444. The Hall–Kier alpha value is -3.43. The van der Waals surface area contributed by atoms with E-state index in [1.807, 2.05) is 59.5 Å². The molecule has 2 heterocycles. The fourth-order valence-electron chi connectivity index (χ4n) is 5.42. The Morgan fingerprint density at radius 2 is 1.69 bits per heavy atom. The van der Waals surface area contributed by atoms with Gasteiger partial charge in [-0.2, -0.15) is 0 Å². The minimum atomic E-state index is -0.807. The molecule has 1 amide bonds. The first-order valence-electron chi connectivity index (χ1n) is 12.6. The molecule has 0 saturated carbocycles. The lowest BCUT2D eigenvalue weighted by molar-refractivity contribution is -0.139. The number of anilines is 2. The minimum Gasteiger partial charge on any atom is -0.480 e. The summed E-state index contributed by atoms with van der Waals surface area (Å²) in [5.74, 6) is -0.502. The van der Waals surface area contributed by atoms with Gasteiger partial charge in [0.2, 0.25) is 5.91 Å². The molecule has 36 heavy (non-hydrogen) atoms. The Morgan fingerprint density at radius 1 is 1.00 bits per heavy atom. The van der Waals surface area contributed by atoms with Gasteiger partial charge in [0.1, 0.15) is 5.84 Å². The van der Waals surface area contributed by atoms with Crippen LogP contribution in [0.3, 0.4) is 0 Å². The summed E-state index contributed by atoms with van der Waals surface area (Å²) < 4.78 is 0. The van der Waals surface area contributed by atoms with E-state index in [0.29, 0.717) is 19.0 Å². The number of rotatable bonds is 9. The predicted molar refractivity (Wildman–Crippen MR) is 142 cm³/mol. The van der Waals surface area contributed by atoms with Crippen LogP contribution in [0.15, 0.2) is 54.6 Å². The van der Waals surface area contributed by atoms with Gasteiger partial charge in [0.15, 0.2) is 0 Å². The number of nitrogens with zero attached hydrogens (tertiary/aromatic N) is 3. The smallest absolute Gasteiger partial charge is 0.317 e. The van der Waals surface area contributed by atoms with E-state index < -0.39 is 5.97 Å². The summed E-state index contributed by atoms with van der Waals surface area (Å²) in [6.45, 7) is 5.14. The van der Waals surface area contributed by atoms with Gasteiger partial charge in [0.05, 0.1) is 6.54 Å². The van der Waals surface area contributed by atoms with Crippen molar-refractivity contribution in [3.63, 3.8) is 0 Å². The maximum absolute atomic E-state index is 12.6. The first kappa shape index (κ1) is 25.7. The molecule has 2 fully saturated rings. The molecule has 0 bridgehead atoms. The highest BCUT2D eigenvalue weighted by Gasteiger charge is 2.35. The van der Waals surface area contributed by atoms with Crippen molar-refractivity contribution in [2.24, 2.45) is 11.7 Å². The molecule has 192 valence electrons. The summed E-state index contributed by atoms with van der Waals surface area (Å²) in [4.78, 5) is 30.8.